The fraction of sp³-hybridized carbons (Fsp3) is 0.429. The van der Waals surface area contributed by atoms with Crippen LogP contribution in [0.3, 0.4) is 0 Å². The number of benzene rings is 1. The number of likely N-dealkylation sites (N-methyl/N-ethyl adjacent to an activating group) is 1. The van der Waals surface area contributed by atoms with Crippen molar-refractivity contribution >= 4 is 11.9 Å². The van der Waals surface area contributed by atoms with Gasteiger partial charge in [0.05, 0.1) is 13.5 Å². The summed E-state index contributed by atoms with van der Waals surface area (Å²) in [5, 5.41) is 0. The van der Waals surface area contributed by atoms with E-state index >= 15 is 0 Å². The Hall–Kier alpha value is -1.84. The van der Waals surface area contributed by atoms with E-state index in [9.17, 15) is 9.59 Å². The molecule has 0 aliphatic heterocycles. The highest BCUT2D eigenvalue weighted by Gasteiger charge is 2.10. The second-order valence-corrected chi connectivity index (χ2v) is 4.16. The van der Waals surface area contributed by atoms with E-state index in [1.54, 1.807) is 11.9 Å². The third-order valence-corrected chi connectivity index (χ3v) is 2.73. The second-order valence-electron chi connectivity index (χ2n) is 4.16. The molecule has 1 amide bonds. The van der Waals surface area contributed by atoms with Gasteiger partial charge in [-0.15, -0.1) is 0 Å². The fourth-order valence-corrected chi connectivity index (χ4v) is 1.59. The van der Waals surface area contributed by atoms with E-state index in [1.165, 1.54) is 7.11 Å². The van der Waals surface area contributed by atoms with Gasteiger partial charge in [0.1, 0.15) is 0 Å². The van der Waals surface area contributed by atoms with Crippen LogP contribution in [0.15, 0.2) is 30.3 Å². The van der Waals surface area contributed by atoms with Gasteiger partial charge >= 0.3 is 5.97 Å². The largest absolute Gasteiger partial charge is 0.469 e. The Bertz CT molecular complexity index is 389. The summed E-state index contributed by atoms with van der Waals surface area (Å²) in [6, 6.07) is 9.62. The Balaban J connectivity index is 2.31. The van der Waals surface area contributed by atoms with Crippen molar-refractivity contribution in [2.75, 3.05) is 20.7 Å². The van der Waals surface area contributed by atoms with Crippen molar-refractivity contribution in [1.82, 2.24) is 4.90 Å². The fourth-order valence-electron chi connectivity index (χ4n) is 1.59. The highest BCUT2D eigenvalue weighted by atomic mass is 16.5. The highest BCUT2D eigenvalue weighted by Crippen LogP contribution is 2.03. The van der Waals surface area contributed by atoms with Crippen LogP contribution in [0.4, 0.5) is 0 Å². The molecule has 0 saturated heterocycles. The molecule has 0 saturated carbocycles. The van der Waals surface area contributed by atoms with Crippen LogP contribution in [-0.4, -0.2) is 37.5 Å². The standard InChI is InChI=1S/C14H19NO3/c1-15(10-6-9-14(17)18-2)13(16)11-12-7-4-3-5-8-12/h3-5,7-8H,6,9-11H2,1-2H3. The molecule has 0 aliphatic carbocycles. The molecule has 0 fully saturated rings. The molecule has 1 rings (SSSR count). The van der Waals surface area contributed by atoms with Crippen molar-refractivity contribution in [3.05, 3.63) is 35.9 Å². The summed E-state index contributed by atoms with van der Waals surface area (Å²) in [5.41, 5.74) is 1.00. The normalized spacial score (nSPS) is 9.89. The van der Waals surface area contributed by atoms with E-state index < -0.39 is 0 Å². The smallest absolute Gasteiger partial charge is 0.305 e. The molecule has 0 unspecified atom stereocenters. The number of methoxy groups -OCH3 is 1. The van der Waals surface area contributed by atoms with Gasteiger partial charge < -0.3 is 9.64 Å². The lowest BCUT2D eigenvalue weighted by Crippen LogP contribution is -2.29. The first-order valence-electron chi connectivity index (χ1n) is 5.98. The molecule has 0 aliphatic rings. The molecule has 0 spiro atoms. The van der Waals surface area contributed by atoms with E-state index in [0.717, 1.165) is 5.56 Å². The van der Waals surface area contributed by atoms with Crippen LogP contribution in [-0.2, 0) is 20.7 Å². The molecule has 0 bridgehead atoms. The molecule has 1 aromatic carbocycles. The molecular weight excluding hydrogens is 230 g/mol. The highest BCUT2D eigenvalue weighted by molar-refractivity contribution is 5.78. The van der Waals surface area contributed by atoms with E-state index in [0.29, 0.717) is 25.8 Å². The van der Waals surface area contributed by atoms with Crippen LogP contribution < -0.4 is 0 Å². The lowest BCUT2D eigenvalue weighted by atomic mass is 10.1. The number of hydrogen-bond donors (Lipinski definition) is 0. The zero-order valence-electron chi connectivity index (χ0n) is 10.9. The molecule has 4 heteroatoms. The SMILES string of the molecule is COC(=O)CCCN(C)C(=O)Cc1ccccc1. The summed E-state index contributed by atoms with van der Waals surface area (Å²) < 4.78 is 4.55. The van der Waals surface area contributed by atoms with Crippen molar-refractivity contribution in [1.29, 1.82) is 0 Å². The lowest BCUT2D eigenvalue weighted by molar-refractivity contribution is -0.141. The summed E-state index contributed by atoms with van der Waals surface area (Å²) in [4.78, 5) is 24.4. The first-order valence-corrected chi connectivity index (χ1v) is 5.98. The number of nitrogens with zero attached hydrogens (tertiary/aromatic N) is 1. The van der Waals surface area contributed by atoms with Crippen molar-refractivity contribution in [2.24, 2.45) is 0 Å². The quantitative estimate of drug-likeness (QED) is 0.720. The minimum absolute atomic E-state index is 0.0612. The number of esters is 1. The minimum Gasteiger partial charge on any atom is -0.469 e. The average molecular weight is 249 g/mol. The molecule has 1 aromatic rings. The van der Waals surface area contributed by atoms with E-state index in [-0.39, 0.29) is 11.9 Å². The summed E-state index contributed by atoms with van der Waals surface area (Å²) >= 11 is 0. The van der Waals surface area contributed by atoms with Crippen LogP contribution in [0.25, 0.3) is 0 Å². The van der Waals surface area contributed by atoms with Gasteiger partial charge in [-0.25, -0.2) is 0 Å². The van der Waals surface area contributed by atoms with Crippen LogP contribution in [0.1, 0.15) is 18.4 Å². The summed E-state index contributed by atoms with van der Waals surface area (Å²) in [6.07, 6.45) is 1.37. The van der Waals surface area contributed by atoms with E-state index in [4.69, 9.17) is 0 Å². The zero-order valence-corrected chi connectivity index (χ0v) is 10.9. The van der Waals surface area contributed by atoms with Gasteiger partial charge in [0, 0.05) is 20.0 Å². The number of rotatable bonds is 6. The first-order chi connectivity index (χ1) is 8.63. The summed E-state index contributed by atoms with van der Waals surface area (Å²) in [5.74, 6) is -0.176. The molecule has 0 N–H and O–H groups in total. The van der Waals surface area contributed by atoms with Crippen LogP contribution in [0.2, 0.25) is 0 Å². The van der Waals surface area contributed by atoms with Gasteiger partial charge in [-0.2, -0.15) is 0 Å². The van der Waals surface area contributed by atoms with Crippen molar-refractivity contribution < 1.29 is 14.3 Å². The maximum Gasteiger partial charge on any atom is 0.305 e. The molecule has 0 radical (unpaired) electrons. The van der Waals surface area contributed by atoms with E-state index in [2.05, 4.69) is 4.74 Å². The monoisotopic (exact) mass is 249 g/mol. The topological polar surface area (TPSA) is 46.6 Å². The third kappa shape index (κ3) is 4.99. The Kier molecular flexibility index (Phi) is 5.91. The Morgan fingerprint density at radius 3 is 2.50 bits per heavy atom. The molecule has 0 aromatic heterocycles. The third-order valence-electron chi connectivity index (χ3n) is 2.73. The minimum atomic E-state index is -0.237. The number of carbonyl (C=O) groups is 2. The van der Waals surface area contributed by atoms with Crippen LogP contribution in [0, 0.1) is 0 Å². The van der Waals surface area contributed by atoms with Crippen molar-refractivity contribution in [3.63, 3.8) is 0 Å². The summed E-state index contributed by atoms with van der Waals surface area (Å²) in [7, 11) is 3.12. The number of ether oxygens (including phenoxy) is 1. The van der Waals surface area contributed by atoms with Crippen LogP contribution in [0.5, 0.6) is 0 Å². The van der Waals surface area contributed by atoms with Crippen molar-refractivity contribution in [2.45, 2.75) is 19.3 Å². The first kappa shape index (κ1) is 14.2. The Morgan fingerprint density at radius 2 is 1.89 bits per heavy atom. The predicted molar refractivity (Wildman–Crippen MR) is 69.0 cm³/mol. The number of carbonyl (C=O) groups excluding carboxylic acids is 2. The number of amides is 1. The van der Waals surface area contributed by atoms with Gasteiger partial charge in [0.2, 0.25) is 5.91 Å². The van der Waals surface area contributed by atoms with Crippen molar-refractivity contribution in [3.8, 4) is 0 Å². The average Bonchev–Trinajstić information content (AvgIpc) is 2.39. The Labute approximate surface area is 108 Å². The van der Waals surface area contributed by atoms with Gasteiger partial charge in [0.15, 0.2) is 0 Å². The lowest BCUT2D eigenvalue weighted by Gasteiger charge is -2.16. The van der Waals surface area contributed by atoms with Gasteiger partial charge in [-0.05, 0) is 12.0 Å². The Morgan fingerprint density at radius 1 is 1.22 bits per heavy atom. The molecule has 0 atom stereocenters. The van der Waals surface area contributed by atoms with E-state index in [1.807, 2.05) is 30.3 Å². The zero-order chi connectivity index (χ0) is 13.4. The molecule has 4 nitrogen and oxygen atoms in total. The summed E-state index contributed by atoms with van der Waals surface area (Å²) in [6.45, 7) is 0.570. The molecule has 18 heavy (non-hydrogen) atoms. The van der Waals surface area contributed by atoms with Gasteiger partial charge in [-0.1, -0.05) is 30.3 Å². The maximum atomic E-state index is 11.9. The second kappa shape index (κ2) is 7.48. The molecule has 98 valence electrons. The maximum absolute atomic E-state index is 11.9. The molecule has 0 heterocycles. The van der Waals surface area contributed by atoms with Gasteiger partial charge in [-0.3, -0.25) is 9.59 Å². The predicted octanol–water partition coefficient (Wildman–Crippen LogP) is 1.64. The van der Waals surface area contributed by atoms with Crippen LogP contribution >= 0.6 is 0 Å². The van der Waals surface area contributed by atoms with Gasteiger partial charge in [0.25, 0.3) is 0 Å². The molecular formula is C14H19NO3. The number of hydrogen-bond acceptors (Lipinski definition) is 3.